The van der Waals surface area contributed by atoms with Crippen LogP contribution in [-0.2, 0) is 17.6 Å². The SMILES string of the molecule is COc1cc(C(=O)N[C@@H]2CCCN(C)C2)ccc1Nc1ncc(C(F)(F)F)c(Oc2cccc3c2C(=O)N(OC)C3)n1. The number of amides is 2. The van der Waals surface area contributed by atoms with Crippen LogP contribution in [-0.4, -0.2) is 72.1 Å². The number of halogens is 3. The Labute approximate surface area is 239 Å². The number of anilines is 2. The molecule has 2 N–H and O–H groups in total. The number of rotatable bonds is 8. The van der Waals surface area contributed by atoms with Crippen LogP contribution in [0.25, 0.3) is 0 Å². The second-order valence-electron chi connectivity index (χ2n) is 9.94. The first kappa shape index (κ1) is 29.1. The summed E-state index contributed by atoms with van der Waals surface area (Å²) < 4.78 is 52.6. The summed E-state index contributed by atoms with van der Waals surface area (Å²) in [5.41, 5.74) is 0.0482. The van der Waals surface area contributed by atoms with Crippen LogP contribution in [0.4, 0.5) is 24.8 Å². The Morgan fingerprint density at radius 3 is 2.67 bits per heavy atom. The van der Waals surface area contributed by atoms with E-state index in [2.05, 4.69) is 25.5 Å². The van der Waals surface area contributed by atoms with Gasteiger partial charge in [0.15, 0.2) is 0 Å². The smallest absolute Gasteiger partial charge is 0.423 e. The van der Waals surface area contributed by atoms with Gasteiger partial charge in [-0.05, 0) is 56.3 Å². The molecule has 2 aliphatic rings. The minimum absolute atomic E-state index is 0.0257. The number of piperidine rings is 1. The van der Waals surface area contributed by atoms with Crippen molar-refractivity contribution in [2.75, 3.05) is 39.7 Å². The van der Waals surface area contributed by atoms with Crippen molar-refractivity contribution < 1.29 is 37.1 Å². The number of nitrogens with zero attached hydrogens (tertiary/aromatic N) is 4. The number of benzene rings is 2. The van der Waals surface area contributed by atoms with E-state index in [9.17, 15) is 22.8 Å². The first-order valence-corrected chi connectivity index (χ1v) is 13.1. The van der Waals surface area contributed by atoms with E-state index >= 15 is 0 Å². The fraction of sp³-hybridized carbons (Fsp3) is 0.357. The van der Waals surface area contributed by atoms with E-state index in [-0.39, 0.29) is 41.5 Å². The van der Waals surface area contributed by atoms with Gasteiger partial charge in [-0.2, -0.15) is 18.2 Å². The summed E-state index contributed by atoms with van der Waals surface area (Å²) >= 11 is 0. The molecule has 11 nitrogen and oxygen atoms in total. The van der Waals surface area contributed by atoms with E-state index < -0.39 is 23.5 Å². The Morgan fingerprint density at radius 1 is 1.14 bits per heavy atom. The molecule has 0 saturated carbocycles. The number of methoxy groups -OCH3 is 1. The van der Waals surface area contributed by atoms with Gasteiger partial charge in [0.25, 0.3) is 11.8 Å². The molecule has 0 unspecified atom stereocenters. The Morgan fingerprint density at radius 2 is 1.95 bits per heavy atom. The Hall–Kier alpha value is -4.43. The standard InChI is InChI=1S/C28H29F3N6O5/c1-36-11-5-7-18(15-36)33-24(38)16-9-10-20(22(12-16)40-2)34-27-32-13-19(28(29,30)31)25(35-27)42-21-8-4-6-17-14-37(41-3)26(39)23(17)21/h4,6,8-10,12-13,18H,5,7,11,14-15H2,1-3H3,(H,33,38)(H,32,34,35)/t18-/m1/s1. The maximum absolute atomic E-state index is 13.9. The third kappa shape index (κ3) is 6.09. The van der Waals surface area contributed by atoms with Gasteiger partial charge in [-0.3, -0.25) is 14.4 Å². The molecule has 0 spiro atoms. The van der Waals surface area contributed by atoms with Crippen molar-refractivity contribution in [2.45, 2.75) is 31.6 Å². The molecule has 222 valence electrons. The van der Waals surface area contributed by atoms with Crippen molar-refractivity contribution in [3.63, 3.8) is 0 Å². The lowest BCUT2D eigenvalue weighted by molar-refractivity contribution is -0.139. The highest BCUT2D eigenvalue weighted by atomic mass is 19.4. The van der Waals surface area contributed by atoms with E-state index in [0.29, 0.717) is 23.0 Å². The van der Waals surface area contributed by atoms with E-state index in [1.807, 2.05) is 7.05 Å². The number of hydrogen-bond acceptors (Lipinski definition) is 9. The average molecular weight is 587 g/mol. The van der Waals surface area contributed by atoms with E-state index in [1.165, 1.54) is 26.4 Å². The fourth-order valence-electron chi connectivity index (χ4n) is 4.95. The van der Waals surface area contributed by atoms with Crippen LogP contribution in [0.2, 0.25) is 0 Å². The molecule has 2 amide bonds. The molecule has 1 aromatic heterocycles. The highest BCUT2D eigenvalue weighted by Crippen LogP contribution is 2.40. The van der Waals surface area contributed by atoms with Crippen molar-refractivity contribution in [3.8, 4) is 17.4 Å². The lowest BCUT2D eigenvalue weighted by Gasteiger charge is -2.30. The van der Waals surface area contributed by atoms with Crippen molar-refractivity contribution in [3.05, 3.63) is 64.8 Å². The molecule has 2 aromatic carbocycles. The number of alkyl halides is 3. The maximum Gasteiger partial charge on any atom is 0.423 e. The predicted molar refractivity (Wildman–Crippen MR) is 145 cm³/mol. The van der Waals surface area contributed by atoms with E-state index in [1.54, 1.807) is 24.3 Å². The molecule has 2 aliphatic heterocycles. The van der Waals surface area contributed by atoms with Gasteiger partial charge in [0.2, 0.25) is 11.8 Å². The fourth-order valence-corrected chi connectivity index (χ4v) is 4.95. The summed E-state index contributed by atoms with van der Waals surface area (Å²) in [7, 11) is 4.72. The van der Waals surface area contributed by atoms with Gasteiger partial charge in [-0.15, -0.1) is 0 Å². The summed E-state index contributed by atoms with van der Waals surface area (Å²) in [6, 6.07) is 9.25. The topological polar surface area (TPSA) is 118 Å². The molecule has 3 aromatic rings. The second-order valence-corrected chi connectivity index (χ2v) is 9.94. The van der Waals surface area contributed by atoms with Crippen LogP contribution in [0.5, 0.6) is 17.4 Å². The van der Waals surface area contributed by atoms with Gasteiger partial charge in [-0.25, -0.2) is 10.0 Å². The molecule has 1 fully saturated rings. The zero-order chi connectivity index (χ0) is 30.0. The number of hydroxylamine groups is 2. The van der Waals surface area contributed by atoms with Gasteiger partial charge >= 0.3 is 6.18 Å². The quantitative estimate of drug-likeness (QED) is 0.397. The van der Waals surface area contributed by atoms with Gasteiger partial charge in [-0.1, -0.05) is 12.1 Å². The summed E-state index contributed by atoms with van der Waals surface area (Å²) in [6.45, 7) is 1.86. The summed E-state index contributed by atoms with van der Waals surface area (Å²) in [6.07, 6.45) is -2.38. The molecule has 5 rings (SSSR count). The number of carbonyl (C=O) groups is 2. The summed E-state index contributed by atoms with van der Waals surface area (Å²) in [5, 5.41) is 6.92. The first-order valence-electron chi connectivity index (χ1n) is 13.1. The molecule has 42 heavy (non-hydrogen) atoms. The minimum atomic E-state index is -4.84. The molecule has 14 heteroatoms. The van der Waals surface area contributed by atoms with Crippen LogP contribution < -0.4 is 20.1 Å². The summed E-state index contributed by atoms with van der Waals surface area (Å²) in [4.78, 5) is 40.6. The second kappa shape index (κ2) is 11.8. The monoisotopic (exact) mass is 586 g/mol. The molecule has 0 aliphatic carbocycles. The molecule has 3 heterocycles. The Balaban J connectivity index is 1.40. The third-order valence-electron chi connectivity index (χ3n) is 7.02. The van der Waals surface area contributed by atoms with Crippen LogP contribution >= 0.6 is 0 Å². The minimum Gasteiger partial charge on any atom is -0.495 e. The van der Waals surface area contributed by atoms with Crippen LogP contribution in [0, 0.1) is 0 Å². The normalized spacial score (nSPS) is 17.1. The average Bonchev–Trinajstić information content (AvgIpc) is 3.29. The number of ether oxygens (including phenoxy) is 2. The first-order chi connectivity index (χ1) is 20.1. The highest BCUT2D eigenvalue weighted by Gasteiger charge is 2.38. The number of likely N-dealkylation sites (tertiary alicyclic amines) is 1. The van der Waals surface area contributed by atoms with Crippen LogP contribution in [0.1, 0.15) is 44.7 Å². The molecule has 1 atom stereocenters. The lowest BCUT2D eigenvalue weighted by Crippen LogP contribution is -2.46. The number of nitrogens with one attached hydrogen (secondary N) is 2. The zero-order valence-electron chi connectivity index (χ0n) is 23.1. The van der Waals surface area contributed by atoms with Crippen molar-refractivity contribution in [1.82, 2.24) is 25.2 Å². The van der Waals surface area contributed by atoms with Gasteiger partial charge in [0, 0.05) is 24.3 Å². The summed E-state index contributed by atoms with van der Waals surface area (Å²) in [5.74, 6) is -1.70. The molecule has 1 saturated heterocycles. The Bertz CT molecular complexity index is 1500. The number of carbonyl (C=O) groups excluding carboxylic acids is 2. The molecule has 0 radical (unpaired) electrons. The predicted octanol–water partition coefficient (Wildman–Crippen LogP) is 4.38. The largest absolute Gasteiger partial charge is 0.495 e. The van der Waals surface area contributed by atoms with E-state index in [4.69, 9.17) is 14.3 Å². The van der Waals surface area contributed by atoms with Crippen molar-refractivity contribution in [1.29, 1.82) is 0 Å². The molecule has 0 bridgehead atoms. The number of likely N-dealkylation sites (N-methyl/N-ethyl adjacent to an activating group) is 1. The zero-order valence-corrected chi connectivity index (χ0v) is 23.1. The van der Waals surface area contributed by atoms with E-state index in [0.717, 1.165) is 31.0 Å². The van der Waals surface area contributed by atoms with Gasteiger partial charge in [0.05, 0.1) is 32.0 Å². The number of hydrogen-bond donors (Lipinski definition) is 2. The van der Waals surface area contributed by atoms with Crippen LogP contribution in [0.15, 0.2) is 42.6 Å². The van der Waals surface area contributed by atoms with Crippen LogP contribution in [0.3, 0.4) is 0 Å². The van der Waals surface area contributed by atoms with Gasteiger partial charge < -0.3 is 25.0 Å². The van der Waals surface area contributed by atoms with Crippen molar-refractivity contribution >= 4 is 23.5 Å². The third-order valence-corrected chi connectivity index (χ3v) is 7.02. The van der Waals surface area contributed by atoms with Crippen molar-refractivity contribution in [2.24, 2.45) is 0 Å². The number of aromatic nitrogens is 2. The molecular formula is C28H29F3N6O5. The van der Waals surface area contributed by atoms with Gasteiger partial charge in [0.1, 0.15) is 17.1 Å². The number of fused-ring (bicyclic) bond motifs is 1. The molecular weight excluding hydrogens is 557 g/mol. The highest BCUT2D eigenvalue weighted by molar-refractivity contribution is 6.00. The lowest BCUT2D eigenvalue weighted by atomic mass is 10.1. The maximum atomic E-state index is 13.9. The Kier molecular flexibility index (Phi) is 8.18.